The quantitative estimate of drug-likeness (QED) is 0.820. The van der Waals surface area contributed by atoms with Crippen molar-refractivity contribution >= 4 is 23.3 Å². The maximum absolute atomic E-state index is 13.3. The first-order valence-electron chi connectivity index (χ1n) is 5.94. The Morgan fingerprint density at radius 3 is 2.37 bits per heavy atom. The molecule has 3 nitrogen and oxygen atoms in total. The molecule has 1 aromatic rings. The third-order valence-corrected chi connectivity index (χ3v) is 4.14. The molecule has 1 aliphatic rings. The van der Waals surface area contributed by atoms with E-state index in [-0.39, 0.29) is 23.6 Å². The standard InChI is InChI=1S/C13H14ClF2NO2/c14-9-3-1-2-8(10(9)17)12(11(18)19)4-6-13(15,16)7-5-12/h1-3H,4-7,17H2,(H,18,19). The fraction of sp³-hybridized carbons (Fsp3) is 0.462. The maximum atomic E-state index is 13.3. The van der Waals surface area contributed by atoms with Crippen LogP contribution in [0.3, 0.4) is 0 Å². The lowest BCUT2D eigenvalue weighted by molar-refractivity contribution is -0.149. The van der Waals surface area contributed by atoms with Crippen LogP contribution in [0.1, 0.15) is 31.2 Å². The Labute approximate surface area is 114 Å². The third-order valence-electron chi connectivity index (χ3n) is 3.81. The molecule has 0 radical (unpaired) electrons. The molecule has 3 N–H and O–H groups in total. The molecule has 104 valence electrons. The van der Waals surface area contributed by atoms with Gasteiger partial charge in [-0.05, 0) is 24.5 Å². The van der Waals surface area contributed by atoms with Crippen molar-refractivity contribution in [1.82, 2.24) is 0 Å². The Kier molecular flexibility index (Phi) is 3.43. The van der Waals surface area contributed by atoms with Gasteiger partial charge in [0.1, 0.15) is 0 Å². The van der Waals surface area contributed by atoms with Gasteiger partial charge in [-0.3, -0.25) is 4.79 Å². The van der Waals surface area contributed by atoms with Gasteiger partial charge in [-0.25, -0.2) is 8.78 Å². The Hall–Kier alpha value is -1.36. The van der Waals surface area contributed by atoms with Crippen molar-refractivity contribution in [2.24, 2.45) is 0 Å². The van der Waals surface area contributed by atoms with Crippen LogP contribution in [0.2, 0.25) is 5.02 Å². The molecule has 1 aliphatic carbocycles. The molecule has 0 bridgehead atoms. The molecule has 0 heterocycles. The van der Waals surface area contributed by atoms with Crippen LogP contribution in [0.4, 0.5) is 14.5 Å². The average molecular weight is 290 g/mol. The van der Waals surface area contributed by atoms with Crippen LogP contribution < -0.4 is 5.73 Å². The number of carboxylic acid groups (broad SMARTS) is 1. The van der Waals surface area contributed by atoms with Crippen LogP contribution in [0.5, 0.6) is 0 Å². The summed E-state index contributed by atoms with van der Waals surface area (Å²) in [5, 5.41) is 9.73. The number of halogens is 3. The number of nitrogen functional groups attached to an aromatic ring is 1. The molecule has 0 unspecified atom stereocenters. The predicted octanol–water partition coefficient (Wildman–Crippen LogP) is 3.45. The van der Waals surface area contributed by atoms with Crippen molar-refractivity contribution in [2.75, 3.05) is 5.73 Å². The van der Waals surface area contributed by atoms with Crippen LogP contribution in [0.15, 0.2) is 18.2 Å². The van der Waals surface area contributed by atoms with E-state index < -0.39 is 30.1 Å². The summed E-state index contributed by atoms with van der Waals surface area (Å²) in [7, 11) is 0. The lowest BCUT2D eigenvalue weighted by Gasteiger charge is -2.37. The second kappa shape index (κ2) is 4.63. The van der Waals surface area contributed by atoms with Gasteiger partial charge in [0, 0.05) is 12.8 Å². The predicted molar refractivity (Wildman–Crippen MR) is 68.6 cm³/mol. The first-order chi connectivity index (χ1) is 8.78. The number of hydrogen-bond donors (Lipinski definition) is 2. The van der Waals surface area contributed by atoms with E-state index in [0.717, 1.165) is 0 Å². The Morgan fingerprint density at radius 2 is 1.84 bits per heavy atom. The monoisotopic (exact) mass is 289 g/mol. The zero-order valence-electron chi connectivity index (χ0n) is 10.1. The van der Waals surface area contributed by atoms with Gasteiger partial charge in [0.25, 0.3) is 0 Å². The molecule has 0 amide bonds. The Bertz CT molecular complexity index is 509. The van der Waals surface area contributed by atoms with E-state index in [1.54, 1.807) is 18.2 Å². The Morgan fingerprint density at radius 1 is 1.26 bits per heavy atom. The summed E-state index contributed by atoms with van der Waals surface area (Å²) >= 11 is 5.89. The van der Waals surface area contributed by atoms with Gasteiger partial charge in [0.05, 0.1) is 16.1 Å². The minimum atomic E-state index is -2.80. The first-order valence-corrected chi connectivity index (χ1v) is 6.32. The maximum Gasteiger partial charge on any atom is 0.314 e. The molecule has 0 spiro atoms. The van der Waals surface area contributed by atoms with E-state index >= 15 is 0 Å². The summed E-state index contributed by atoms with van der Waals surface area (Å²) in [6.45, 7) is 0. The van der Waals surface area contributed by atoms with E-state index in [9.17, 15) is 18.7 Å². The number of alkyl halides is 2. The third kappa shape index (κ3) is 2.39. The van der Waals surface area contributed by atoms with E-state index in [1.165, 1.54) is 0 Å². The number of rotatable bonds is 2. The van der Waals surface area contributed by atoms with Crippen molar-refractivity contribution in [2.45, 2.75) is 37.0 Å². The van der Waals surface area contributed by atoms with Crippen LogP contribution in [-0.4, -0.2) is 17.0 Å². The zero-order chi connectivity index (χ0) is 14.3. The molecule has 19 heavy (non-hydrogen) atoms. The first kappa shape index (κ1) is 14.1. The molecule has 0 aliphatic heterocycles. The molecule has 0 atom stereocenters. The number of nitrogens with two attached hydrogens (primary N) is 1. The highest BCUT2D eigenvalue weighted by Crippen LogP contribution is 2.48. The molecule has 1 fully saturated rings. The Balaban J connectivity index is 2.47. The van der Waals surface area contributed by atoms with Crippen molar-refractivity contribution in [3.05, 3.63) is 28.8 Å². The van der Waals surface area contributed by atoms with Crippen molar-refractivity contribution in [3.8, 4) is 0 Å². The van der Waals surface area contributed by atoms with Gasteiger partial charge < -0.3 is 10.8 Å². The smallest absolute Gasteiger partial charge is 0.314 e. The van der Waals surface area contributed by atoms with Crippen LogP contribution in [-0.2, 0) is 10.2 Å². The number of para-hydroxylation sites is 1. The highest BCUT2D eigenvalue weighted by atomic mass is 35.5. The largest absolute Gasteiger partial charge is 0.481 e. The lowest BCUT2D eigenvalue weighted by Crippen LogP contribution is -2.43. The van der Waals surface area contributed by atoms with Crippen molar-refractivity contribution in [1.29, 1.82) is 0 Å². The molecule has 2 rings (SSSR count). The zero-order valence-corrected chi connectivity index (χ0v) is 10.9. The number of carbonyl (C=O) groups is 1. The van der Waals surface area contributed by atoms with Crippen LogP contribution in [0, 0.1) is 0 Å². The van der Waals surface area contributed by atoms with Gasteiger partial charge in [0.15, 0.2) is 0 Å². The molecular formula is C13H14ClF2NO2. The molecule has 1 saturated carbocycles. The SMILES string of the molecule is Nc1c(Cl)cccc1C1(C(=O)O)CCC(F)(F)CC1. The summed E-state index contributed by atoms with van der Waals surface area (Å²) in [6.07, 6.45) is -1.18. The molecule has 0 aromatic heterocycles. The number of carboxylic acids is 1. The summed E-state index contributed by atoms with van der Waals surface area (Å²) in [5.74, 6) is -3.93. The van der Waals surface area contributed by atoms with Gasteiger partial charge in [-0.2, -0.15) is 0 Å². The number of aliphatic carboxylic acids is 1. The summed E-state index contributed by atoms with van der Waals surface area (Å²) < 4.78 is 26.5. The molecule has 1 aromatic carbocycles. The normalized spacial score (nSPS) is 21.0. The number of anilines is 1. The minimum Gasteiger partial charge on any atom is -0.481 e. The summed E-state index contributed by atoms with van der Waals surface area (Å²) in [6, 6.07) is 4.69. The van der Waals surface area contributed by atoms with E-state index in [1.807, 2.05) is 0 Å². The molecule has 0 saturated heterocycles. The van der Waals surface area contributed by atoms with Crippen molar-refractivity contribution in [3.63, 3.8) is 0 Å². The molecular weight excluding hydrogens is 276 g/mol. The summed E-state index contributed by atoms with van der Waals surface area (Å²) in [5.41, 5.74) is 4.96. The van der Waals surface area contributed by atoms with Crippen LogP contribution in [0.25, 0.3) is 0 Å². The fourth-order valence-electron chi connectivity index (χ4n) is 2.60. The van der Waals surface area contributed by atoms with E-state index in [4.69, 9.17) is 17.3 Å². The van der Waals surface area contributed by atoms with Gasteiger partial charge in [-0.15, -0.1) is 0 Å². The molecule has 6 heteroatoms. The van der Waals surface area contributed by atoms with Gasteiger partial charge in [-0.1, -0.05) is 23.7 Å². The number of benzene rings is 1. The summed E-state index contributed by atoms with van der Waals surface area (Å²) in [4.78, 5) is 11.6. The van der Waals surface area contributed by atoms with Crippen LogP contribution >= 0.6 is 11.6 Å². The fourth-order valence-corrected chi connectivity index (χ4v) is 2.77. The van der Waals surface area contributed by atoms with E-state index in [2.05, 4.69) is 0 Å². The average Bonchev–Trinajstić information content (AvgIpc) is 2.33. The highest BCUT2D eigenvalue weighted by molar-refractivity contribution is 6.33. The number of hydrogen-bond acceptors (Lipinski definition) is 2. The lowest BCUT2D eigenvalue weighted by atomic mass is 9.68. The van der Waals surface area contributed by atoms with Crippen molar-refractivity contribution < 1.29 is 18.7 Å². The second-order valence-electron chi connectivity index (χ2n) is 4.94. The topological polar surface area (TPSA) is 63.3 Å². The van der Waals surface area contributed by atoms with Gasteiger partial charge >= 0.3 is 5.97 Å². The minimum absolute atomic E-state index is 0.139. The van der Waals surface area contributed by atoms with Gasteiger partial charge in [0.2, 0.25) is 5.92 Å². The second-order valence-corrected chi connectivity index (χ2v) is 5.35. The highest BCUT2D eigenvalue weighted by Gasteiger charge is 2.49. The van der Waals surface area contributed by atoms with E-state index in [0.29, 0.717) is 5.56 Å².